The maximum Gasteiger partial charge on any atom is 0.289 e. The molecular formula is C24H25FN2O2. The summed E-state index contributed by atoms with van der Waals surface area (Å²) < 4.78 is 20.1. The zero-order valence-electron chi connectivity index (χ0n) is 16.4. The molecule has 1 fully saturated rings. The molecule has 0 spiro atoms. The normalized spacial score (nSPS) is 13.9. The fourth-order valence-corrected chi connectivity index (χ4v) is 3.75. The molecule has 0 atom stereocenters. The molecule has 0 N–H and O–H groups in total. The molecule has 150 valence electrons. The number of halogens is 1. The summed E-state index contributed by atoms with van der Waals surface area (Å²) in [6, 6.07) is 20.5. The molecule has 3 aromatic rings. The Hall–Kier alpha value is -2.92. The number of carbonyl (C=O) groups excluding carboxylic acids is 1. The number of rotatable bonds is 7. The summed E-state index contributed by atoms with van der Waals surface area (Å²) in [6.45, 7) is 3.20. The Labute approximate surface area is 170 Å². The van der Waals surface area contributed by atoms with Crippen LogP contribution in [0.4, 0.5) is 4.39 Å². The molecule has 29 heavy (non-hydrogen) atoms. The van der Waals surface area contributed by atoms with Crippen molar-refractivity contribution in [2.45, 2.75) is 32.5 Å². The van der Waals surface area contributed by atoms with Gasteiger partial charge in [-0.1, -0.05) is 48.5 Å². The van der Waals surface area contributed by atoms with Crippen LogP contribution in [0.15, 0.2) is 71.1 Å². The lowest BCUT2D eigenvalue weighted by molar-refractivity contribution is 0.0756. The molecule has 1 saturated heterocycles. The molecule has 2 aromatic carbocycles. The van der Waals surface area contributed by atoms with Crippen LogP contribution in [-0.4, -0.2) is 28.8 Å². The Balaban J connectivity index is 1.50. The van der Waals surface area contributed by atoms with Crippen molar-refractivity contribution < 1.29 is 13.6 Å². The average molecular weight is 392 g/mol. The largest absolute Gasteiger partial charge is 0.455 e. The SMILES string of the molecule is O=C(c1ccc(CN(Cc2ccccc2)Cc2ccccc2F)o1)N1CCCC1. The van der Waals surface area contributed by atoms with Crippen LogP contribution >= 0.6 is 0 Å². The van der Waals surface area contributed by atoms with Crippen LogP contribution in [0.5, 0.6) is 0 Å². The molecular weight excluding hydrogens is 367 g/mol. The van der Waals surface area contributed by atoms with Gasteiger partial charge < -0.3 is 9.32 Å². The van der Waals surface area contributed by atoms with Crippen LogP contribution in [-0.2, 0) is 19.6 Å². The Morgan fingerprint density at radius 1 is 0.897 bits per heavy atom. The van der Waals surface area contributed by atoms with Crippen molar-refractivity contribution in [1.29, 1.82) is 0 Å². The van der Waals surface area contributed by atoms with Gasteiger partial charge in [0.15, 0.2) is 5.76 Å². The van der Waals surface area contributed by atoms with Crippen molar-refractivity contribution in [3.63, 3.8) is 0 Å². The second-order valence-electron chi connectivity index (χ2n) is 7.49. The summed E-state index contributed by atoms with van der Waals surface area (Å²) in [6.07, 6.45) is 2.10. The quantitative estimate of drug-likeness (QED) is 0.576. The fraction of sp³-hybridized carbons (Fsp3) is 0.292. The third kappa shape index (κ3) is 4.93. The van der Waals surface area contributed by atoms with E-state index >= 15 is 0 Å². The Kier molecular flexibility index (Phi) is 6.06. The summed E-state index contributed by atoms with van der Waals surface area (Å²) in [5, 5.41) is 0. The number of furan rings is 1. The Morgan fingerprint density at radius 2 is 1.62 bits per heavy atom. The summed E-state index contributed by atoms with van der Waals surface area (Å²) in [5.74, 6) is 0.833. The van der Waals surface area contributed by atoms with Crippen molar-refractivity contribution in [2.75, 3.05) is 13.1 Å². The summed E-state index contributed by atoms with van der Waals surface area (Å²) in [4.78, 5) is 16.5. The molecule has 2 heterocycles. The number of hydrogen-bond donors (Lipinski definition) is 0. The van der Waals surface area contributed by atoms with Crippen LogP contribution in [0.3, 0.4) is 0 Å². The van der Waals surface area contributed by atoms with E-state index in [2.05, 4.69) is 17.0 Å². The molecule has 0 aliphatic carbocycles. The smallest absolute Gasteiger partial charge is 0.289 e. The predicted octanol–water partition coefficient (Wildman–Crippen LogP) is 4.86. The molecule has 5 heteroatoms. The maximum atomic E-state index is 14.2. The number of nitrogens with zero attached hydrogens (tertiary/aromatic N) is 2. The van der Waals surface area contributed by atoms with E-state index in [9.17, 15) is 9.18 Å². The Morgan fingerprint density at radius 3 is 2.38 bits per heavy atom. The van der Waals surface area contributed by atoms with E-state index in [0.717, 1.165) is 31.5 Å². The van der Waals surface area contributed by atoms with E-state index in [1.54, 1.807) is 18.2 Å². The van der Waals surface area contributed by atoms with Gasteiger partial charge in [-0.2, -0.15) is 0 Å². The first-order chi connectivity index (χ1) is 14.2. The van der Waals surface area contributed by atoms with Crippen LogP contribution in [0.25, 0.3) is 0 Å². The van der Waals surface area contributed by atoms with E-state index in [1.807, 2.05) is 35.2 Å². The van der Waals surface area contributed by atoms with Crippen molar-refractivity contribution in [3.8, 4) is 0 Å². The van der Waals surface area contributed by atoms with Crippen molar-refractivity contribution in [3.05, 3.63) is 95.2 Å². The third-order valence-corrected chi connectivity index (χ3v) is 5.25. The molecule has 1 aliphatic heterocycles. The van der Waals surface area contributed by atoms with Gasteiger partial charge in [0, 0.05) is 31.7 Å². The Bertz CT molecular complexity index is 948. The monoisotopic (exact) mass is 392 g/mol. The van der Waals surface area contributed by atoms with Crippen molar-refractivity contribution >= 4 is 5.91 Å². The zero-order chi connectivity index (χ0) is 20.1. The summed E-state index contributed by atoms with van der Waals surface area (Å²) >= 11 is 0. The lowest BCUT2D eigenvalue weighted by Crippen LogP contribution is -2.27. The topological polar surface area (TPSA) is 36.7 Å². The second kappa shape index (κ2) is 9.05. The first kappa shape index (κ1) is 19.4. The molecule has 1 amide bonds. The first-order valence-electron chi connectivity index (χ1n) is 10.1. The standard InChI is InChI=1S/C24H25FN2O2/c25-22-11-5-4-10-20(22)17-26(16-19-8-2-1-3-9-19)18-21-12-13-23(29-21)24(28)27-14-6-7-15-27/h1-5,8-13H,6-7,14-18H2. The van der Waals surface area contributed by atoms with E-state index in [-0.39, 0.29) is 11.7 Å². The van der Waals surface area contributed by atoms with Crippen LogP contribution in [0.1, 0.15) is 40.3 Å². The van der Waals surface area contributed by atoms with Gasteiger partial charge in [-0.25, -0.2) is 4.39 Å². The highest BCUT2D eigenvalue weighted by Gasteiger charge is 2.22. The molecule has 4 nitrogen and oxygen atoms in total. The van der Waals surface area contributed by atoms with Crippen molar-refractivity contribution in [2.24, 2.45) is 0 Å². The van der Waals surface area contributed by atoms with Crippen molar-refractivity contribution in [1.82, 2.24) is 9.80 Å². The highest BCUT2D eigenvalue weighted by atomic mass is 19.1. The van der Waals surface area contributed by atoms with Gasteiger partial charge in [0.25, 0.3) is 5.91 Å². The lowest BCUT2D eigenvalue weighted by Gasteiger charge is -2.22. The second-order valence-corrected chi connectivity index (χ2v) is 7.49. The van der Waals surface area contributed by atoms with Gasteiger partial charge in [0.05, 0.1) is 6.54 Å². The van der Waals surface area contributed by atoms with Crippen LogP contribution < -0.4 is 0 Å². The number of likely N-dealkylation sites (tertiary alicyclic amines) is 1. The minimum atomic E-state index is -0.213. The number of benzene rings is 2. The molecule has 0 bridgehead atoms. The van der Waals surface area contributed by atoms with Gasteiger partial charge in [0.1, 0.15) is 11.6 Å². The highest BCUT2D eigenvalue weighted by molar-refractivity contribution is 5.91. The van der Waals surface area contributed by atoms with E-state index < -0.39 is 0 Å². The first-order valence-corrected chi connectivity index (χ1v) is 10.1. The lowest BCUT2D eigenvalue weighted by atomic mass is 10.1. The van der Waals surface area contributed by atoms with Gasteiger partial charge in [-0.05, 0) is 36.6 Å². The summed E-state index contributed by atoms with van der Waals surface area (Å²) in [7, 11) is 0. The minimum absolute atomic E-state index is 0.0440. The predicted molar refractivity (Wildman–Crippen MR) is 110 cm³/mol. The van der Waals surface area contributed by atoms with Crippen LogP contribution in [0, 0.1) is 5.82 Å². The summed E-state index contributed by atoms with van der Waals surface area (Å²) in [5.41, 5.74) is 1.78. The molecule has 1 aromatic heterocycles. The third-order valence-electron chi connectivity index (χ3n) is 5.25. The molecule has 0 radical (unpaired) electrons. The van der Waals surface area contributed by atoms with E-state index in [0.29, 0.717) is 36.7 Å². The number of hydrogen-bond acceptors (Lipinski definition) is 3. The van der Waals surface area contributed by atoms with E-state index in [4.69, 9.17) is 4.42 Å². The van der Waals surface area contributed by atoms with Gasteiger partial charge >= 0.3 is 0 Å². The number of amides is 1. The molecule has 0 saturated carbocycles. The van der Waals surface area contributed by atoms with Gasteiger partial charge in [-0.15, -0.1) is 0 Å². The fourth-order valence-electron chi connectivity index (χ4n) is 3.75. The van der Waals surface area contributed by atoms with Gasteiger partial charge in [0.2, 0.25) is 0 Å². The maximum absolute atomic E-state index is 14.2. The molecule has 4 rings (SSSR count). The molecule has 1 aliphatic rings. The average Bonchev–Trinajstić information content (AvgIpc) is 3.42. The van der Waals surface area contributed by atoms with Gasteiger partial charge in [-0.3, -0.25) is 9.69 Å². The van der Waals surface area contributed by atoms with Crippen LogP contribution in [0.2, 0.25) is 0 Å². The number of carbonyl (C=O) groups is 1. The molecule has 0 unspecified atom stereocenters. The van der Waals surface area contributed by atoms with E-state index in [1.165, 1.54) is 6.07 Å². The zero-order valence-corrected chi connectivity index (χ0v) is 16.4. The minimum Gasteiger partial charge on any atom is -0.455 e. The highest BCUT2D eigenvalue weighted by Crippen LogP contribution is 2.19.